The van der Waals surface area contributed by atoms with Gasteiger partial charge in [0.15, 0.2) is 0 Å². The van der Waals surface area contributed by atoms with Gasteiger partial charge in [0.1, 0.15) is 0 Å². The van der Waals surface area contributed by atoms with Crippen LogP contribution < -0.4 is 5.56 Å². The molecule has 0 saturated carbocycles. The van der Waals surface area contributed by atoms with Gasteiger partial charge in [-0.25, -0.2) is 4.98 Å². The summed E-state index contributed by atoms with van der Waals surface area (Å²) in [7, 11) is 0. The second-order valence-electron chi connectivity index (χ2n) is 6.41. The lowest BCUT2D eigenvalue weighted by Crippen LogP contribution is -2.21. The molecule has 0 aliphatic heterocycles. The fourth-order valence-electron chi connectivity index (χ4n) is 3.38. The van der Waals surface area contributed by atoms with Gasteiger partial charge in [0.25, 0.3) is 5.56 Å². The van der Waals surface area contributed by atoms with E-state index in [2.05, 4.69) is 38.4 Å². The van der Waals surface area contributed by atoms with Gasteiger partial charge in [-0.05, 0) is 34.9 Å². The van der Waals surface area contributed by atoms with Crippen molar-refractivity contribution in [2.45, 2.75) is 6.54 Å². The summed E-state index contributed by atoms with van der Waals surface area (Å²) in [6.45, 7) is 0.458. The molecule has 0 radical (unpaired) electrons. The Morgan fingerprint density at radius 3 is 2.89 bits per heavy atom. The summed E-state index contributed by atoms with van der Waals surface area (Å²) in [5, 5.41) is 8.79. The maximum atomic E-state index is 12.7. The minimum atomic E-state index is -0.0651. The maximum absolute atomic E-state index is 12.7. The number of aromatic amines is 1. The number of pyridine rings is 1. The van der Waals surface area contributed by atoms with Crippen LogP contribution >= 0.6 is 0 Å². The highest BCUT2D eigenvalue weighted by Gasteiger charge is 2.08. The van der Waals surface area contributed by atoms with Gasteiger partial charge in [-0.15, -0.1) is 0 Å². The first kappa shape index (κ1) is 15.5. The highest BCUT2D eigenvalue weighted by atomic mass is 16.1. The van der Waals surface area contributed by atoms with Crippen LogP contribution in [0.3, 0.4) is 0 Å². The minimum absolute atomic E-state index is 0.0651. The molecule has 0 atom stereocenters. The summed E-state index contributed by atoms with van der Waals surface area (Å²) in [6.07, 6.45) is 6.63. The van der Waals surface area contributed by atoms with E-state index in [1.807, 2.05) is 30.5 Å². The third-order valence-electron chi connectivity index (χ3n) is 4.70. The van der Waals surface area contributed by atoms with Gasteiger partial charge in [0.2, 0.25) is 0 Å². The van der Waals surface area contributed by atoms with Crippen LogP contribution in [0.4, 0.5) is 0 Å². The Balaban J connectivity index is 1.56. The number of aromatic nitrogens is 5. The number of hydrogen-bond donors (Lipinski definition) is 1. The molecular formula is C21H15N5O. The van der Waals surface area contributed by atoms with Crippen LogP contribution in [0.15, 0.2) is 78.2 Å². The first-order chi connectivity index (χ1) is 13.3. The molecular weight excluding hydrogens is 338 g/mol. The van der Waals surface area contributed by atoms with Gasteiger partial charge in [-0.2, -0.15) is 5.10 Å². The second kappa shape index (κ2) is 6.17. The smallest absolute Gasteiger partial charge is 0.261 e. The predicted octanol–water partition coefficient (Wildman–Crippen LogP) is 3.38. The summed E-state index contributed by atoms with van der Waals surface area (Å²) in [5.41, 5.74) is 4.78. The van der Waals surface area contributed by atoms with E-state index >= 15 is 0 Å². The van der Waals surface area contributed by atoms with Crippen LogP contribution in [0, 0.1) is 0 Å². The maximum Gasteiger partial charge on any atom is 0.261 e. The zero-order chi connectivity index (χ0) is 18.2. The Morgan fingerprint density at radius 1 is 1.00 bits per heavy atom. The minimum Gasteiger partial charge on any atom is -0.294 e. The molecule has 3 aromatic heterocycles. The molecule has 0 amide bonds. The monoisotopic (exact) mass is 353 g/mol. The van der Waals surface area contributed by atoms with Gasteiger partial charge in [-0.3, -0.25) is 19.4 Å². The first-order valence-corrected chi connectivity index (χ1v) is 8.60. The molecule has 5 rings (SSSR count). The number of rotatable bonds is 3. The third-order valence-corrected chi connectivity index (χ3v) is 4.70. The van der Waals surface area contributed by atoms with Crippen molar-refractivity contribution in [2.24, 2.45) is 0 Å². The lowest BCUT2D eigenvalue weighted by Gasteiger charge is -2.09. The van der Waals surface area contributed by atoms with Crippen LogP contribution in [0.1, 0.15) is 5.56 Å². The number of hydrogen-bond acceptors (Lipinski definition) is 4. The van der Waals surface area contributed by atoms with Crippen molar-refractivity contribution >= 4 is 21.8 Å². The van der Waals surface area contributed by atoms with Gasteiger partial charge in [0, 0.05) is 11.6 Å². The molecule has 130 valence electrons. The summed E-state index contributed by atoms with van der Waals surface area (Å²) < 4.78 is 1.62. The molecule has 0 spiro atoms. The lowest BCUT2D eigenvalue weighted by molar-refractivity contribution is 0.748. The number of nitrogens with zero attached hydrogens (tertiary/aromatic N) is 4. The Morgan fingerprint density at radius 2 is 1.93 bits per heavy atom. The number of benzene rings is 2. The highest BCUT2D eigenvalue weighted by Crippen LogP contribution is 2.28. The van der Waals surface area contributed by atoms with Crippen molar-refractivity contribution in [2.75, 3.05) is 0 Å². The zero-order valence-corrected chi connectivity index (χ0v) is 14.3. The first-order valence-electron chi connectivity index (χ1n) is 8.60. The highest BCUT2D eigenvalue weighted by molar-refractivity contribution is 5.94. The molecule has 1 N–H and O–H groups in total. The van der Waals surface area contributed by atoms with Crippen molar-refractivity contribution in [3.8, 4) is 11.1 Å². The summed E-state index contributed by atoms with van der Waals surface area (Å²) >= 11 is 0. The Kier molecular flexibility index (Phi) is 3.53. The van der Waals surface area contributed by atoms with E-state index in [1.165, 1.54) is 0 Å². The van der Waals surface area contributed by atoms with E-state index in [1.54, 1.807) is 29.4 Å². The van der Waals surface area contributed by atoms with Crippen molar-refractivity contribution in [1.29, 1.82) is 0 Å². The molecule has 27 heavy (non-hydrogen) atoms. The van der Waals surface area contributed by atoms with E-state index in [9.17, 15) is 4.79 Å². The molecule has 5 aromatic rings. The van der Waals surface area contributed by atoms with Crippen molar-refractivity contribution in [3.05, 3.63) is 89.4 Å². The largest absolute Gasteiger partial charge is 0.294 e. The summed E-state index contributed by atoms with van der Waals surface area (Å²) in [5.74, 6) is 0. The van der Waals surface area contributed by atoms with Crippen LogP contribution in [0.25, 0.3) is 32.9 Å². The molecule has 0 aliphatic carbocycles. The molecule has 2 aromatic carbocycles. The Labute approximate surface area is 154 Å². The molecule has 0 unspecified atom stereocenters. The lowest BCUT2D eigenvalue weighted by atomic mass is 10.00. The quantitative estimate of drug-likeness (QED) is 0.539. The average Bonchev–Trinajstić information content (AvgIpc) is 3.19. The molecule has 6 heteroatoms. The molecule has 0 saturated heterocycles. The molecule has 6 nitrogen and oxygen atoms in total. The predicted molar refractivity (Wildman–Crippen MR) is 104 cm³/mol. The Bertz CT molecular complexity index is 1340. The van der Waals surface area contributed by atoms with E-state index < -0.39 is 0 Å². The van der Waals surface area contributed by atoms with Crippen LogP contribution in [-0.4, -0.2) is 24.7 Å². The third kappa shape index (κ3) is 2.67. The zero-order valence-electron chi connectivity index (χ0n) is 14.3. The topological polar surface area (TPSA) is 76.5 Å². The number of fused-ring (bicyclic) bond motifs is 2. The van der Waals surface area contributed by atoms with Gasteiger partial charge in [-0.1, -0.05) is 30.3 Å². The average molecular weight is 353 g/mol. The molecule has 0 fully saturated rings. The van der Waals surface area contributed by atoms with Crippen molar-refractivity contribution < 1.29 is 0 Å². The SMILES string of the molecule is O=c1c2ccncc2ncn1Cc1cccc(-c2cccc3[nH]ncc23)c1. The van der Waals surface area contributed by atoms with E-state index in [0.717, 1.165) is 27.6 Å². The van der Waals surface area contributed by atoms with Gasteiger partial charge >= 0.3 is 0 Å². The fraction of sp³-hybridized carbons (Fsp3) is 0.0476. The van der Waals surface area contributed by atoms with E-state index in [4.69, 9.17) is 0 Å². The van der Waals surface area contributed by atoms with Crippen molar-refractivity contribution in [1.82, 2.24) is 24.7 Å². The van der Waals surface area contributed by atoms with E-state index in [-0.39, 0.29) is 5.56 Å². The number of H-pyrrole nitrogens is 1. The molecule has 0 aliphatic rings. The molecule has 3 heterocycles. The van der Waals surface area contributed by atoms with Crippen molar-refractivity contribution in [3.63, 3.8) is 0 Å². The normalized spacial score (nSPS) is 11.3. The van der Waals surface area contributed by atoms with Gasteiger partial charge in [0.05, 0.1) is 41.7 Å². The standard InChI is InChI=1S/C21H15N5O/c27-21-17-7-8-22-11-20(17)23-13-26(21)12-14-3-1-4-15(9-14)16-5-2-6-19-18(16)10-24-25-19/h1-11,13H,12H2,(H,24,25). The summed E-state index contributed by atoms with van der Waals surface area (Å²) in [6, 6.07) is 16.0. The fourth-order valence-corrected chi connectivity index (χ4v) is 3.38. The van der Waals surface area contributed by atoms with Crippen LogP contribution in [0.5, 0.6) is 0 Å². The van der Waals surface area contributed by atoms with Crippen LogP contribution in [-0.2, 0) is 6.54 Å². The Hall–Kier alpha value is -3.80. The van der Waals surface area contributed by atoms with Crippen LogP contribution in [0.2, 0.25) is 0 Å². The number of nitrogens with one attached hydrogen (secondary N) is 1. The summed E-state index contributed by atoms with van der Waals surface area (Å²) in [4.78, 5) is 21.1. The molecule has 0 bridgehead atoms. The van der Waals surface area contributed by atoms with E-state index in [0.29, 0.717) is 17.4 Å². The second-order valence-corrected chi connectivity index (χ2v) is 6.41. The van der Waals surface area contributed by atoms with Gasteiger partial charge < -0.3 is 0 Å².